The number of aromatic nitrogens is 3. The van der Waals surface area contributed by atoms with Crippen LogP contribution in [0.4, 0.5) is 0 Å². The van der Waals surface area contributed by atoms with Crippen molar-refractivity contribution >= 4 is 17.7 Å². The van der Waals surface area contributed by atoms with Crippen molar-refractivity contribution in [3.8, 4) is 0 Å². The van der Waals surface area contributed by atoms with Crippen LogP contribution < -0.4 is 11.5 Å². The molecule has 0 unspecified atom stereocenters. The molecule has 1 atom stereocenters. The highest BCUT2D eigenvalue weighted by Crippen LogP contribution is 2.24. The van der Waals surface area contributed by atoms with E-state index in [4.69, 9.17) is 16.6 Å². The summed E-state index contributed by atoms with van der Waals surface area (Å²) in [6.07, 6.45) is 3.12. The van der Waals surface area contributed by atoms with Gasteiger partial charge in [0.05, 0.1) is 12.1 Å². The number of hydrogen-bond acceptors (Lipinski definition) is 5. The first-order valence-electron chi connectivity index (χ1n) is 8.67. The van der Waals surface area contributed by atoms with Crippen LogP contribution >= 0.6 is 0 Å². The maximum atomic E-state index is 12.4. The van der Waals surface area contributed by atoms with Gasteiger partial charge in [0.2, 0.25) is 0 Å². The van der Waals surface area contributed by atoms with Gasteiger partial charge in [-0.3, -0.25) is 14.6 Å². The van der Waals surface area contributed by atoms with Gasteiger partial charge in [-0.25, -0.2) is 4.68 Å². The molecule has 0 aliphatic rings. The van der Waals surface area contributed by atoms with Gasteiger partial charge in [0.25, 0.3) is 0 Å². The Balaban J connectivity index is 1.90. The summed E-state index contributed by atoms with van der Waals surface area (Å²) in [5.74, 6) is -1.33. The monoisotopic (exact) mass is 372 g/mol. The minimum Gasteiger partial charge on any atom is -0.481 e. The van der Waals surface area contributed by atoms with E-state index in [0.717, 1.165) is 17.7 Å². The number of carbonyl (C=O) groups is 2. The molecule has 1 aromatic heterocycles. The first-order chi connectivity index (χ1) is 12.9. The van der Waals surface area contributed by atoms with Crippen molar-refractivity contribution < 1.29 is 14.7 Å². The third-order valence-electron chi connectivity index (χ3n) is 3.98. The molecule has 0 bridgehead atoms. The van der Waals surface area contributed by atoms with Gasteiger partial charge in [-0.2, -0.15) is 0 Å². The van der Waals surface area contributed by atoms with Crippen molar-refractivity contribution in [3.63, 3.8) is 0 Å². The Morgan fingerprint density at radius 1 is 1.19 bits per heavy atom. The van der Waals surface area contributed by atoms with Crippen LogP contribution in [0.5, 0.6) is 0 Å². The van der Waals surface area contributed by atoms with Crippen molar-refractivity contribution in [2.75, 3.05) is 6.54 Å². The topological polar surface area (TPSA) is 149 Å². The Morgan fingerprint density at radius 3 is 2.59 bits per heavy atom. The van der Waals surface area contributed by atoms with Gasteiger partial charge in [0.15, 0.2) is 11.7 Å². The summed E-state index contributed by atoms with van der Waals surface area (Å²) in [4.78, 5) is 27.4. The average Bonchev–Trinajstić information content (AvgIpc) is 3.05. The van der Waals surface area contributed by atoms with E-state index >= 15 is 0 Å². The molecule has 9 nitrogen and oxygen atoms in total. The fourth-order valence-electron chi connectivity index (χ4n) is 2.76. The van der Waals surface area contributed by atoms with E-state index < -0.39 is 5.97 Å². The fraction of sp³-hybridized carbons (Fsp3) is 0.389. The number of guanidine groups is 1. The molecule has 0 spiro atoms. The van der Waals surface area contributed by atoms with Crippen LogP contribution in [0, 0.1) is 0 Å². The number of aliphatic imine (C=N–C) groups is 1. The molecule has 0 aliphatic carbocycles. The van der Waals surface area contributed by atoms with Gasteiger partial charge in [-0.1, -0.05) is 35.5 Å². The second-order valence-corrected chi connectivity index (χ2v) is 6.27. The molecule has 5 N–H and O–H groups in total. The third-order valence-corrected chi connectivity index (χ3v) is 3.98. The van der Waals surface area contributed by atoms with Crippen molar-refractivity contribution in [2.24, 2.45) is 16.5 Å². The van der Waals surface area contributed by atoms with Crippen LogP contribution in [0.15, 0.2) is 41.5 Å². The maximum Gasteiger partial charge on any atom is 0.303 e. The number of benzene rings is 1. The number of Topliss-reactive ketones (excluding diaryl/α,β-unsaturated/α-hetero) is 1. The minimum absolute atomic E-state index is 0.0542. The number of nitrogens with zero attached hydrogens (tertiary/aromatic N) is 4. The molecule has 2 rings (SSSR count). The summed E-state index contributed by atoms with van der Waals surface area (Å²) >= 11 is 0. The second-order valence-electron chi connectivity index (χ2n) is 6.27. The van der Waals surface area contributed by atoms with E-state index in [0.29, 0.717) is 13.0 Å². The van der Waals surface area contributed by atoms with E-state index in [9.17, 15) is 9.59 Å². The van der Waals surface area contributed by atoms with Crippen molar-refractivity contribution in [1.82, 2.24) is 15.0 Å². The first-order valence-corrected chi connectivity index (χ1v) is 8.67. The zero-order chi connectivity index (χ0) is 19.6. The molecule has 0 saturated heterocycles. The Labute approximate surface area is 157 Å². The lowest BCUT2D eigenvalue weighted by Crippen LogP contribution is -2.23. The molecular weight excluding hydrogens is 348 g/mol. The highest BCUT2D eigenvalue weighted by molar-refractivity contribution is 5.80. The van der Waals surface area contributed by atoms with Gasteiger partial charge >= 0.3 is 5.97 Å². The van der Waals surface area contributed by atoms with Crippen LogP contribution in [0.25, 0.3) is 0 Å². The number of hydrogen-bond donors (Lipinski definition) is 3. The number of aryl methyl sites for hydroxylation is 1. The Morgan fingerprint density at radius 2 is 1.93 bits per heavy atom. The smallest absolute Gasteiger partial charge is 0.303 e. The van der Waals surface area contributed by atoms with Crippen LogP contribution in [-0.2, 0) is 22.6 Å². The summed E-state index contributed by atoms with van der Waals surface area (Å²) in [6, 6.07) is 9.20. The van der Waals surface area contributed by atoms with Crippen molar-refractivity contribution in [3.05, 3.63) is 47.8 Å². The van der Waals surface area contributed by atoms with Crippen LogP contribution in [-0.4, -0.2) is 44.4 Å². The summed E-state index contributed by atoms with van der Waals surface area (Å²) < 4.78 is 1.47. The molecule has 0 saturated carbocycles. The quantitative estimate of drug-likeness (QED) is 0.298. The highest BCUT2D eigenvalue weighted by atomic mass is 16.4. The molecular formula is C18H24N6O3. The maximum absolute atomic E-state index is 12.4. The number of aliphatic carboxylic acids is 1. The normalized spacial score (nSPS) is 11.7. The first kappa shape index (κ1) is 20.1. The number of carboxylic acid groups (broad SMARTS) is 1. The van der Waals surface area contributed by atoms with E-state index in [1.165, 1.54) is 4.68 Å². The van der Waals surface area contributed by atoms with Gasteiger partial charge < -0.3 is 16.6 Å². The Kier molecular flexibility index (Phi) is 7.48. The van der Waals surface area contributed by atoms with E-state index in [-0.39, 0.29) is 37.0 Å². The Hall–Kier alpha value is -3.23. The van der Waals surface area contributed by atoms with Crippen LogP contribution in [0.2, 0.25) is 0 Å². The van der Waals surface area contributed by atoms with Crippen LogP contribution in [0.3, 0.4) is 0 Å². The summed E-state index contributed by atoms with van der Waals surface area (Å²) in [6.45, 7) is 0.561. The predicted octanol–water partition coefficient (Wildman–Crippen LogP) is 0.702. The number of ketones is 1. The van der Waals surface area contributed by atoms with Gasteiger partial charge in [-0.05, 0) is 18.4 Å². The molecule has 0 radical (unpaired) electrons. The highest BCUT2D eigenvalue weighted by Gasteiger charge is 2.19. The third kappa shape index (κ3) is 7.27. The molecule has 0 amide bonds. The zero-order valence-electron chi connectivity index (χ0n) is 15.0. The van der Waals surface area contributed by atoms with Crippen molar-refractivity contribution in [2.45, 2.75) is 38.1 Å². The lowest BCUT2D eigenvalue weighted by molar-refractivity contribution is -0.137. The van der Waals surface area contributed by atoms with Crippen molar-refractivity contribution in [1.29, 1.82) is 0 Å². The zero-order valence-corrected chi connectivity index (χ0v) is 15.0. The largest absolute Gasteiger partial charge is 0.481 e. The van der Waals surface area contributed by atoms with Crippen LogP contribution in [0.1, 0.15) is 36.4 Å². The van der Waals surface area contributed by atoms with E-state index in [1.54, 1.807) is 6.20 Å². The predicted molar refractivity (Wildman–Crippen MR) is 100 cm³/mol. The standard InChI is InChI=1S/C18H24N6O3/c19-18(20)21-8-4-7-15-11-24(23-22-15)12-16(25)9-14(10-17(26)27)13-5-2-1-3-6-13/h1-3,5-6,11,14H,4,7-10,12H2,(H,26,27)(H4,19,20,21)/t14-/m0/s1. The van der Waals surface area contributed by atoms with E-state index in [1.807, 2.05) is 30.3 Å². The minimum atomic E-state index is -0.930. The molecule has 1 heterocycles. The molecule has 0 fully saturated rings. The molecule has 1 aromatic carbocycles. The van der Waals surface area contributed by atoms with Gasteiger partial charge in [0, 0.05) is 25.1 Å². The van der Waals surface area contributed by atoms with Gasteiger partial charge in [0.1, 0.15) is 6.54 Å². The molecule has 27 heavy (non-hydrogen) atoms. The second kappa shape index (κ2) is 10.0. The van der Waals surface area contributed by atoms with Gasteiger partial charge in [-0.15, -0.1) is 5.10 Å². The summed E-state index contributed by atoms with van der Waals surface area (Å²) in [7, 11) is 0. The SMILES string of the molecule is NC(N)=NCCCc1cn(CC(=O)C[C@@H](CC(=O)O)c2ccccc2)nn1. The lowest BCUT2D eigenvalue weighted by atomic mass is 9.91. The number of carboxylic acids is 1. The molecule has 9 heteroatoms. The number of nitrogens with two attached hydrogens (primary N) is 2. The molecule has 2 aromatic rings. The number of carbonyl (C=O) groups excluding carboxylic acids is 1. The Bertz CT molecular complexity index is 783. The lowest BCUT2D eigenvalue weighted by Gasteiger charge is -2.14. The average molecular weight is 372 g/mol. The number of rotatable bonds is 11. The van der Waals surface area contributed by atoms with E-state index in [2.05, 4.69) is 15.3 Å². The fourth-order valence-corrected chi connectivity index (χ4v) is 2.76. The summed E-state index contributed by atoms with van der Waals surface area (Å²) in [5.41, 5.74) is 12.1. The molecule has 0 aliphatic heterocycles. The summed E-state index contributed by atoms with van der Waals surface area (Å²) in [5, 5.41) is 17.1. The molecule has 144 valence electrons.